The van der Waals surface area contributed by atoms with Gasteiger partial charge in [0.1, 0.15) is 5.75 Å². The number of para-hydroxylation sites is 2. The predicted octanol–water partition coefficient (Wildman–Crippen LogP) is 4.69. The van der Waals surface area contributed by atoms with Gasteiger partial charge in [-0.25, -0.2) is 0 Å². The molecular weight excluding hydrogens is 442 g/mol. The van der Waals surface area contributed by atoms with Gasteiger partial charge in [-0.1, -0.05) is 12.1 Å². The number of hydrogen-bond acceptors (Lipinski definition) is 10. The first-order valence-electron chi connectivity index (χ1n) is 10.8. The zero-order chi connectivity index (χ0) is 24.5. The van der Waals surface area contributed by atoms with Crippen molar-refractivity contribution in [2.45, 2.75) is 13.8 Å². The summed E-state index contributed by atoms with van der Waals surface area (Å²) in [5.74, 6) is 1.97. The SMILES string of the molecule is COc1ccccc1Nc1nc(NN=C(C)c2ccncc2)cc(NN=C(C)c2ccncc2)n1. The van der Waals surface area contributed by atoms with Crippen molar-refractivity contribution in [3.8, 4) is 5.75 Å². The molecule has 0 spiro atoms. The van der Waals surface area contributed by atoms with Crippen LogP contribution >= 0.6 is 0 Å². The Hall–Kier alpha value is -4.86. The Morgan fingerprint density at radius 1 is 0.743 bits per heavy atom. The first-order chi connectivity index (χ1) is 17.1. The van der Waals surface area contributed by atoms with Gasteiger partial charge >= 0.3 is 0 Å². The number of hydrogen-bond donors (Lipinski definition) is 3. The van der Waals surface area contributed by atoms with E-state index in [0.29, 0.717) is 23.3 Å². The summed E-state index contributed by atoms with van der Waals surface area (Å²) in [6.45, 7) is 3.80. The molecule has 0 aliphatic heterocycles. The molecule has 0 amide bonds. The standard InChI is InChI=1S/C25H25N9O/c1-17(19-8-12-26-13-9-19)31-33-23-16-24(34-32-18(2)20-10-14-27-15-11-20)30-25(29-23)28-21-6-4-5-7-22(21)35-3/h4-16H,1-3H3,(H3,28,29,30,33,34). The fourth-order valence-electron chi connectivity index (χ4n) is 3.08. The van der Waals surface area contributed by atoms with Crippen molar-refractivity contribution < 1.29 is 4.74 Å². The minimum atomic E-state index is 0.343. The van der Waals surface area contributed by atoms with Crippen LogP contribution in [0.1, 0.15) is 25.0 Å². The summed E-state index contributed by atoms with van der Waals surface area (Å²) in [5, 5.41) is 12.1. The van der Waals surface area contributed by atoms with Crippen LogP contribution in [0.4, 0.5) is 23.3 Å². The molecule has 3 N–H and O–H groups in total. The first-order valence-corrected chi connectivity index (χ1v) is 10.8. The average Bonchev–Trinajstić information content (AvgIpc) is 2.91. The summed E-state index contributed by atoms with van der Waals surface area (Å²) in [7, 11) is 1.61. The van der Waals surface area contributed by atoms with E-state index in [2.05, 4.69) is 46.3 Å². The van der Waals surface area contributed by atoms with Gasteiger partial charge in [0.25, 0.3) is 0 Å². The fraction of sp³-hybridized carbons (Fsp3) is 0.120. The quantitative estimate of drug-likeness (QED) is 0.239. The number of anilines is 4. The second-order valence-electron chi connectivity index (χ2n) is 7.38. The minimum absolute atomic E-state index is 0.343. The third-order valence-corrected chi connectivity index (χ3v) is 4.95. The highest BCUT2D eigenvalue weighted by molar-refractivity contribution is 5.99. The van der Waals surface area contributed by atoms with E-state index in [-0.39, 0.29) is 0 Å². The van der Waals surface area contributed by atoms with E-state index in [1.807, 2.05) is 62.4 Å². The predicted molar refractivity (Wildman–Crippen MR) is 138 cm³/mol. The van der Waals surface area contributed by atoms with E-state index < -0.39 is 0 Å². The lowest BCUT2D eigenvalue weighted by molar-refractivity contribution is 0.417. The molecule has 0 saturated carbocycles. The second kappa shape index (κ2) is 11.3. The molecule has 0 saturated heterocycles. The molecule has 10 nitrogen and oxygen atoms in total. The normalized spacial score (nSPS) is 11.6. The Morgan fingerprint density at radius 2 is 1.26 bits per heavy atom. The molecular formula is C25H25N9O. The van der Waals surface area contributed by atoms with Crippen LogP contribution in [0.15, 0.2) is 89.6 Å². The Kier molecular flexibility index (Phi) is 7.54. The first kappa shape index (κ1) is 23.3. The van der Waals surface area contributed by atoms with Crippen LogP contribution in [-0.4, -0.2) is 38.5 Å². The number of benzene rings is 1. The van der Waals surface area contributed by atoms with Gasteiger partial charge in [-0.2, -0.15) is 20.2 Å². The molecule has 0 aliphatic carbocycles. The van der Waals surface area contributed by atoms with Crippen molar-refractivity contribution in [1.82, 2.24) is 19.9 Å². The molecule has 0 unspecified atom stereocenters. The largest absolute Gasteiger partial charge is 0.495 e. The highest BCUT2D eigenvalue weighted by Crippen LogP contribution is 2.27. The maximum absolute atomic E-state index is 5.43. The lowest BCUT2D eigenvalue weighted by Gasteiger charge is -2.12. The van der Waals surface area contributed by atoms with Gasteiger partial charge in [-0.3, -0.25) is 20.8 Å². The molecule has 0 atom stereocenters. The molecule has 0 fully saturated rings. The van der Waals surface area contributed by atoms with Crippen LogP contribution in [0.2, 0.25) is 0 Å². The molecule has 4 rings (SSSR count). The van der Waals surface area contributed by atoms with Gasteiger partial charge in [-0.15, -0.1) is 0 Å². The molecule has 35 heavy (non-hydrogen) atoms. The monoisotopic (exact) mass is 467 g/mol. The Bertz CT molecular complexity index is 1250. The zero-order valence-electron chi connectivity index (χ0n) is 19.6. The Balaban J connectivity index is 1.62. The maximum Gasteiger partial charge on any atom is 0.231 e. The summed E-state index contributed by atoms with van der Waals surface area (Å²) in [5.41, 5.74) is 10.2. The number of nitrogens with zero attached hydrogens (tertiary/aromatic N) is 6. The van der Waals surface area contributed by atoms with Gasteiger partial charge in [0.15, 0.2) is 11.6 Å². The lowest BCUT2D eigenvalue weighted by atomic mass is 10.2. The third-order valence-electron chi connectivity index (χ3n) is 4.95. The van der Waals surface area contributed by atoms with E-state index in [9.17, 15) is 0 Å². The van der Waals surface area contributed by atoms with Crippen LogP contribution in [0.5, 0.6) is 5.75 Å². The number of pyridine rings is 2. The van der Waals surface area contributed by atoms with Crippen molar-refractivity contribution in [1.29, 1.82) is 0 Å². The van der Waals surface area contributed by atoms with Gasteiger partial charge < -0.3 is 10.1 Å². The number of hydrazone groups is 2. The molecule has 4 aromatic rings. The highest BCUT2D eigenvalue weighted by atomic mass is 16.5. The van der Waals surface area contributed by atoms with E-state index in [0.717, 1.165) is 28.2 Å². The van der Waals surface area contributed by atoms with Crippen LogP contribution in [0.3, 0.4) is 0 Å². The average molecular weight is 468 g/mol. The number of rotatable bonds is 9. The van der Waals surface area contributed by atoms with Crippen molar-refractivity contribution in [3.05, 3.63) is 90.5 Å². The van der Waals surface area contributed by atoms with Crippen LogP contribution < -0.4 is 20.9 Å². The van der Waals surface area contributed by atoms with Crippen molar-refractivity contribution in [3.63, 3.8) is 0 Å². The lowest BCUT2D eigenvalue weighted by Crippen LogP contribution is -2.07. The van der Waals surface area contributed by atoms with Crippen molar-refractivity contribution in [2.75, 3.05) is 23.3 Å². The second-order valence-corrected chi connectivity index (χ2v) is 7.38. The number of nitrogens with one attached hydrogen (secondary N) is 3. The molecule has 0 bridgehead atoms. The number of ether oxygens (including phenoxy) is 1. The van der Waals surface area contributed by atoms with Gasteiger partial charge in [0.05, 0.1) is 24.2 Å². The highest BCUT2D eigenvalue weighted by Gasteiger charge is 2.09. The van der Waals surface area contributed by atoms with Gasteiger partial charge in [-0.05, 0) is 50.2 Å². The summed E-state index contributed by atoms with van der Waals surface area (Å²) in [4.78, 5) is 17.2. The molecule has 3 aromatic heterocycles. The van der Waals surface area contributed by atoms with Crippen LogP contribution in [0, 0.1) is 0 Å². The van der Waals surface area contributed by atoms with Crippen LogP contribution in [-0.2, 0) is 0 Å². The van der Waals surface area contributed by atoms with Crippen LogP contribution in [0.25, 0.3) is 0 Å². The summed E-state index contributed by atoms with van der Waals surface area (Å²) in [6, 6.07) is 16.8. The Morgan fingerprint density at radius 3 is 1.77 bits per heavy atom. The van der Waals surface area contributed by atoms with E-state index in [4.69, 9.17) is 4.74 Å². The fourth-order valence-corrected chi connectivity index (χ4v) is 3.08. The molecule has 10 heteroatoms. The van der Waals surface area contributed by atoms with E-state index in [1.54, 1.807) is 38.0 Å². The summed E-state index contributed by atoms with van der Waals surface area (Å²) in [6.07, 6.45) is 6.89. The van der Waals surface area contributed by atoms with Gasteiger partial charge in [0, 0.05) is 42.0 Å². The zero-order valence-corrected chi connectivity index (χ0v) is 19.6. The van der Waals surface area contributed by atoms with Crippen molar-refractivity contribution in [2.24, 2.45) is 10.2 Å². The molecule has 176 valence electrons. The molecule has 0 aliphatic rings. The number of methoxy groups -OCH3 is 1. The topological polar surface area (TPSA) is 122 Å². The number of aromatic nitrogens is 4. The third kappa shape index (κ3) is 6.35. The van der Waals surface area contributed by atoms with E-state index >= 15 is 0 Å². The maximum atomic E-state index is 5.43. The smallest absolute Gasteiger partial charge is 0.231 e. The summed E-state index contributed by atoms with van der Waals surface area (Å²) < 4.78 is 5.43. The molecule has 1 aromatic carbocycles. The molecule has 0 radical (unpaired) electrons. The van der Waals surface area contributed by atoms with Crippen molar-refractivity contribution >= 4 is 34.7 Å². The minimum Gasteiger partial charge on any atom is -0.495 e. The molecule has 3 heterocycles. The van der Waals surface area contributed by atoms with E-state index in [1.165, 1.54) is 0 Å². The van der Waals surface area contributed by atoms with Gasteiger partial charge in [0.2, 0.25) is 5.95 Å². The Labute approximate surface area is 203 Å². The summed E-state index contributed by atoms with van der Waals surface area (Å²) >= 11 is 0.